The van der Waals surface area contributed by atoms with E-state index in [1.54, 1.807) is 6.92 Å². The first-order valence-electron chi connectivity index (χ1n) is 6.08. The molecule has 0 unspecified atom stereocenters. The van der Waals surface area contributed by atoms with Crippen LogP contribution in [0.25, 0.3) is 11.4 Å². The predicted molar refractivity (Wildman–Crippen MR) is 74.1 cm³/mol. The average Bonchev–Trinajstić information content (AvgIpc) is 2.79. The van der Waals surface area contributed by atoms with Crippen LogP contribution >= 0.6 is 12.2 Å². The quantitative estimate of drug-likeness (QED) is 0.674. The lowest BCUT2D eigenvalue weighted by Crippen LogP contribution is -2.10. The number of aromatic nitrogens is 3. The Morgan fingerprint density at radius 1 is 1.42 bits per heavy atom. The van der Waals surface area contributed by atoms with Crippen LogP contribution in [0.15, 0.2) is 30.3 Å². The molecule has 0 radical (unpaired) electrons. The lowest BCUT2D eigenvalue weighted by Gasteiger charge is -2.06. The van der Waals surface area contributed by atoms with E-state index in [9.17, 15) is 4.79 Å². The van der Waals surface area contributed by atoms with E-state index in [0.29, 0.717) is 17.9 Å². The van der Waals surface area contributed by atoms with Crippen molar-refractivity contribution in [2.45, 2.75) is 19.9 Å². The molecule has 0 saturated heterocycles. The van der Waals surface area contributed by atoms with Gasteiger partial charge in [0.25, 0.3) is 0 Å². The van der Waals surface area contributed by atoms with Crippen LogP contribution in [0.2, 0.25) is 0 Å². The molecule has 0 atom stereocenters. The number of ether oxygens (including phenoxy) is 1. The summed E-state index contributed by atoms with van der Waals surface area (Å²) in [5.74, 6) is 0.500. The fraction of sp³-hybridized carbons (Fsp3) is 0.308. The molecule has 1 aromatic carbocycles. The van der Waals surface area contributed by atoms with Crippen LogP contribution in [0.5, 0.6) is 0 Å². The number of esters is 1. The number of carbonyl (C=O) groups is 1. The lowest BCUT2D eigenvalue weighted by atomic mass is 10.2. The topological polar surface area (TPSA) is 59.9 Å². The van der Waals surface area contributed by atoms with Crippen LogP contribution in [0.1, 0.15) is 13.3 Å². The van der Waals surface area contributed by atoms with Crippen molar-refractivity contribution >= 4 is 18.2 Å². The summed E-state index contributed by atoms with van der Waals surface area (Å²) < 4.78 is 7.22. The van der Waals surface area contributed by atoms with Gasteiger partial charge in [-0.15, -0.1) is 0 Å². The van der Waals surface area contributed by atoms with E-state index >= 15 is 0 Å². The van der Waals surface area contributed by atoms with Gasteiger partial charge in [-0.3, -0.25) is 14.5 Å². The van der Waals surface area contributed by atoms with E-state index in [-0.39, 0.29) is 12.4 Å². The highest BCUT2D eigenvalue weighted by atomic mass is 32.1. The maximum Gasteiger partial charge on any atom is 0.307 e. The van der Waals surface area contributed by atoms with E-state index in [0.717, 1.165) is 11.4 Å². The Balaban J connectivity index is 2.19. The van der Waals surface area contributed by atoms with Gasteiger partial charge in [0.2, 0.25) is 0 Å². The van der Waals surface area contributed by atoms with Gasteiger partial charge in [-0.25, -0.2) is 0 Å². The number of benzene rings is 1. The molecule has 2 aromatic rings. The molecule has 0 amide bonds. The number of nitrogens with one attached hydrogen (secondary N) is 1. The second kappa shape index (κ2) is 6.29. The first-order chi connectivity index (χ1) is 9.22. The van der Waals surface area contributed by atoms with E-state index in [4.69, 9.17) is 17.0 Å². The second-order valence-corrected chi connectivity index (χ2v) is 4.31. The third-order valence-electron chi connectivity index (χ3n) is 2.64. The Bertz CT molecular complexity index is 604. The van der Waals surface area contributed by atoms with Gasteiger partial charge in [-0.2, -0.15) is 5.10 Å². The van der Waals surface area contributed by atoms with Gasteiger partial charge in [-0.05, 0) is 19.1 Å². The van der Waals surface area contributed by atoms with Crippen molar-refractivity contribution in [2.24, 2.45) is 0 Å². The first kappa shape index (κ1) is 13.5. The zero-order valence-electron chi connectivity index (χ0n) is 10.6. The van der Waals surface area contributed by atoms with Gasteiger partial charge >= 0.3 is 5.97 Å². The Hall–Kier alpha value is -1.95. The molecule has 2 rings (SSSR count). The van der Waals surface area contributed by atoms with Crippen LogP contribution in [-0.2, 0) is 16.1 Å². The van der Waals surface area contributed by atoms with Crippen LogP contribution in [0.4, 0.5) is 0 Å². The minimum atomic E-state index is -0.232. The van der Waals surface area contributed by atoms with Gasteiger partial charge < -0.3 is 4.74 Å². The van der Waals surface area contributed by atoms with Gasteiger partial charge in [-0.1, -0.05) is 30.3 Å². The summed E-state index contributed by atoms with van der Waals surface area (Å²) in [7, 11) is 0. The van der Waals surface area contributed by atoms with E-state index in [1.807, 2.05) is 34.9 Å². The van der Waals surface area contributed by atoms with Crippen LogP contribution in [0, 0.1) is 4.77 Å². The molecular formula is C13H15N3O2S. The lowest BCUT2D eigenvalue weighted by molar-refractivity contribution is -0.143. The highest BCUT2D eigenvalue weighted by Crippen LogP contribution is 2.16. The summed E-state index contributed by atoms with van der Waals surface area (Å²) in [5.41, 5.74) is 0.957. The van der Waals surface area contributed by atoms with E-state index in [1.165, 1.54) is 0 Å². The predicted octanol–water partition coefficient (Wildman–Crippen LogP) is 2.56. The minimum absolute atomic E-state index is 0.232. The monoisotopic (exact) mass is 277 g/mol. The molecule has 0 saturated carbocycles. The second-order valence-electron chi connectivity index (χ2n) is 3.93. The number of hydrogen-bond acceptors (Lipinski definition) is 4. The van der Waals surface area contributed by atoms with Crippen molar-refractivity contribution in [3.05, 3.63) is 35.1 Å². The standard InChI is InChI=1S/C13H15N3O2S/c1-2-18-11(17)8-9-16-12(14-15-13(16)19)10-6-4-3-5-7-10/h3-7H,2,8-9H2,1H3,(H,15,19). The van der Waals surface area contributed by atoms with Crippen molar-refractivity contribution in [3.8, 4) is 11.4 Å². The number of nitrogens with zero attached hydrogens (tertiary/aromatic N) is 2. The normalized spacial score (nSPS) is 10.4. The van der Waals surface area contributed by atoms with Gasteiger partial charge in [0.05, 0.1) is 13.0 Å². The molecule has 0 aliphatic carbocycles. The smallest absolute Gasteiger partial charge is 0.307 e. The summed E-state index contributed by atoms with van der Waals surface area (Å²) in [6, 6.07) is 9.71. The molecule has 0 bridgehead atoms. The molecule has 1 aromatic heterocycles. The van der Waals surface area contributed by atoms with Crippen molar-refractivity contribution in [1.82, 2.24) is 14.8 Å². The highest BCUT2D eigenvalue weighted by Gasteiger charge is 2.10. The summed E-state index contributed by atoms with van der Waals surface area (Å²) in [6.07, 6.45) is 0.279. The largest absolute Gasteiger partial charge is 0.466 e. The summed E-state index contributed by atoms with van der Waals surface area (Å²) in [5, 5.41) is 6.96. The SMILES string of the molecule is CCOC(=O)CCn1c(-c2ccccc2)n[nH]c1=S. The number of aromatic amines is 1. The minimum Gasteiger partial charge on any atom is -0.466 e. The molecule has 19 heavy (non-hydrogen) atoms. The zero-order valence-corrected chi connectivity index (χ0v) is 11.4. The highest BCUT2D eigenvalue weighted by molar-refractivity contribution is 7.71. The molecule has 0 fully saturated rings. The molecule has 0 aliphatic rings. The third kappa shape index (κ3) is 3.29. The molecule has 1 N–H and O–H groups in total. The number of rotatable bonds is 5. The summed E-state index contributed by atoms with van der Waals surface area (Å²) in [4.78, 5) is 11.4. The van der Waals surface area contributed by atoms with Gasteiger partial charge in [0.15, 0.2) is 10.6 Å². The third-order valence-corrected chi connectivity index (χ3v) is 2.95. The average molecular weight is 277 g/mol. The Kier molecular flexibility index (Phi) is 4.46. The fourth-order valence-corrected chi connectivity index (χ4v) is 1.99. The Labute approximate surface area is 116 Å². The fourth-order valence-electron chi connectivity index (χ4n) is 1.77. The number of H-pyrrole nitrogens is 1. The number of carbonyl (C=O) groups excluding carboxylic acids is 1. The molecule has 0 aliphatic heterocycles. The molecule has 1 heterocycles. The maximum atomic E-state index is 11.4. The van der Waals surface area contributed by atoms with Crippen LogP contribution in [-0.4, -0.2) is 27.3 Å². The van der Waals surface area contributed by atoms with Crippen molar-refractivity contribution < 1.29 is 9.53 Å². The van der Waals surface area contributed by atoms with Gasteiger partial charge in [0.1, 0.15) is 0 Å². The van der Waals surface area contributed by atoms with Crippen LogP contribution in [0.3, 0.4) is 0 Å². The van der Waals surface area contributed by atoms with Crippen molar-refractivity contribution in [2.75, 3.05) is 6.61 Å². The van der Waals surface area contributed by atoms with Gasteiger partial charge in [0, 0.05) is 12.1 Å². The molecule has 0 spiro atoms. The first-order valence-corrected chi connectivity index (χ1v) is 6.49. The molecule has 100 valence electrons. The van der Waals surface area contributed by atoms with Crippen molar-refractivity contribution in [1.29, 1.82) is 0 Å². The van der Waals surface area contributed by atoms with Crippen molar-refractivity contribution in [3.63, 3.8) is 0 Å². The summed E-state index contributed by atoms with van der Waals surface area (Å²) in [6.45, 7) is 2.64. The van der Waals surface area contributed by atoms with E-state index < -0.39 is 0 Å². The van der Waals surface area contributed by atoms with E-state index in [2.05, 4.69) is 10.2 Å². The Morgan fingerprint density at radius 2 is 2.16 bits per heavy atom. The zero-order chi connectivity index (χ0) is 13.7. The molecule has 5 nitrogen and oxygen atoms in total. The molecular weight excluding hydrogens is 262 g/mol. The van der Waals surface area contributed by atoms with Crippen LogP contribution < -0.4 is 0 Å². The number of hydrogen-bond donors (Lipinski definition) is 1. The molecule has 6 heteroatoms. The summed E-state index contributed by atoms with van der Waals surface area (Å²) >= 11 is 5.18. The maximum absolute atomic E-state index is 11.4. The Morgan fingerprint density at radius 3 is 2.84 bits per heavy atom.